The van der Waals surface area contributed by atoms with Crippen LogP contribution in [0.2, 0.25) is 0 Å². The fourth-order valence-corrected chi connectivity index (χ4v) is 2.29. The molecule has 5 heteroatoms. The molecule has 0 aliphatic carbocycles. The number of rotatable bonds is 2. The highest BCUT2D eigenvalue weighted by Crippen LogP contribution is 2.31. The van der Waals surface area contributed by atoms with Crippen molar-refractivity contribution >= 4 is 27.4 Å². The van der Waals surface area contributed by atoms with E-state index in [0.717, 1.165) is 21.2 Å². The number of halogens is 1. The maximum absolute atomic E-state index is 11.1. The van der Waals surface area contributed by atoms with Gasteiger partial charge in [-0.2, -0.15) is 0 Å². The Morgan fingerprint density at radius 1 is 1.16 bits per heavy atom. The van der Waals surface area contributed by atoms with E-state index in [4.69, 9.17) is 0 Å². The molecule has 4 nitrogen and oxygen atoms in total. The highest BCUT2D eigenvalue weighted by atomic mass is 79.9. The Morgan fingerprint density at radius 2 is 1.89 bits per heavy atom. The number of fused-ring (bicyclic) bond motifs is 1. The van der Waals surface area contributed by atoms with E-state index in [9.17, 15) is 4.91 Å². The largest absolute Gasteiger partial charge is 0.281 e. The summed E-state index contributed by atoms with van der Waals surface area (Å²) in [7, 11) is 0. The van der Waals surface area contributed by atoms with Crippen molar-refractivity contribution in [1.82, 2.24) is 9.38 Å². The smallest absolute Gasteiger partial charge is 0.209 e. The van der Waals surface area contributed by atoms with E-state index in [1.54, 1.807) is 4.40 Å². The fraction of sp³-hybridized carbons (Fsp3) is 0.0714. The molecule has 0 amide bonds. The minimum atomic E-state index is 0.334. The predicted octanol–water partition coefficient (Wildman–Crippen LogP) is 4.47. The SMILES string of the molecule is Cc1ccc2nc(-c3ccc(Br)cc3)c(N=O)n2c1. The van der Waals surface area contributed by atoms with Gasteiger partial charge in [0, 0.05) is 16.2 Å². The van der Waals surface area contributed by atoms with Gasteiger partial charge in [0.25, 0.3) is 0 Å². The first-order valence-corrected chi connectivity index (χ1v) is 6.56. The van der Waals surface area contributed by atoms with Crippen molar-refractivity contribution in [3.05, 3.63) is 57.5 Å². The number of pyridine rings is 1. The van der Waals surface area contributed by atoms with E-state index in [0.29, 0.717) is 11.5 Å². The third kappa shape index (κ3) is 2.06. The minimum absolute atomic E-state index is 0.334. The zero-order valence-corrected chi connectivity index (χ0v) is 11.8. The molecule has 0 radical (unpaired) electrons. The molecule has 3 rings (SSSR count). The van der Waals surface area contributed by atoms with E-state index in [2.05, 4.69) is 26.1 Å². The van der Waals surface area contributed by atoms with Gasteiger partial charge < -0.3 is 0 Å². The summed E-state index contributed by atoms with van der Waals surface area (Å²) in [6.45, 7) is 1.97. The van der Waals surface area contributed by atoms with Crippen molar-refractivity contribution in [3.8, 4) is 11.3 Å². The molecule has 0 unspecified atom stereocenters. The molecule has 2 aromatic heterocycles. The van der Waals surface area contributed by atoms with Crippen LogP contribution in [0.5, 0.6) is 0 Å². The van der Waals surface area contributed by atoms with Crippen LogP contribution in [0.3, 0.4) is 0 Å². The fourth-order valence-electron chi connectivity index (χ4n) is 2.03. The Bertz CT molecular complexity index is 762. The van der Waals surface area contributed by atoms with E-state index in [-0.39, 0.29) is 0 Å². The Balaban J connectivity index is 2.28. The molecule has 0 spiro atoms. The quantitative estimate of drug-likeness (QED) is 0.655. The summed E-state index contributed by atoms with van der Waals surface area (Å²) in [6, 6.07) is 11.5. The molecule has 0 aliphatic heterocycles. The van der Waals surface area contributed by atoms with Crippen LogP contribution in [-0.4, -0.2) is 9.38 Å². The van der Waals surface area contributed by atoms with E-state index in [1.165, 1.54) is 0 Å². The Labute approximate surface area is 118 Å². The molecule has 1 aromatic carbocycles. The summed E-state index contributed by atoms with van der Waals surface area (Å²) in [6.07, 6.45) is 1.86. The number of imidazole rings is 1. The van der Waals surface area contributed by atoms with Crippen LogP contribution in [0.1, 0.15) is 5.56 Å². The second kappa shape index (κ2) is 4.59. The van der Waals surface area contributed by atoms with Gasteiger partial charge in [0.1, 0.15) is 11.3 Å². The van der Waals surface area contributed by atoms with Crippen LogP contribution in [0.15, 0.2) is 52.2 Å². The molecule has 0 N–H and O–H groups in total. The van der Waals surface area contributed by atoms with Gasteiger partial charge in [-0.3, -0.25) is 4.40 Å². The highest BCUT2D eigenvalue weighted by Gasteiger charge is 2.14. The predicted molar refractivity (Wildman–Crippen MR) is 78.5 cm³/mol. The number of aromatic nitrogens is 2. The van der Waals surface area contributed by atoms with E-state index >= 15 is 0 Å². The third-order valence-electron chi connectivity index (χ3n) is 2.95. The zero-order valence-electron chi connectivity index (χ0n) is 10.2. The van der Waals surface area contributed by atoms with Crippen molar-refractivity contribution in [3.63, 3.8) is 0 Å². The van der Waals surface area contributed by atoms with Crippen LogP contribution >= 0.6 is 15.9 Å². The summed E-state index contributed by atoms with van der Waals surface area (Å²) in [4.78, 5) is 15.6. The van der Waals surface area contributed by atoms with Gasteiger partial charge in [0.15, 0.2) is 0 Å². The number of nitroso groups, excluding NO2 is 1. The van der Waals surface area contributed by atoms with Crippen molar-refractivity contribution in [2.24, 2.45) is 5.18 Å². The second-order valence-electron chi connectivity index (χ2n) is 4.32. The lowest BCUT2D eigenvalue weighted by molar-refractivity contribution is 1.14. The van der Waals surface area contributed by atoms with Crippen LogP contribution < -0.4 is 0 Å². The highest BCUT2D eigenvalue weighted by molar-refractivity contribution is 9.10. The summed E-state index contributed by atoms with van der Waals surface area (Å²) in [5.74, 6) is 0.334. The zero-order chi connectivity index (χ0) is 13.4. The average molecular weight is 316 g/mol. The number of benzene rings is 1. The molecule has 19 heavy (non-hydrogen) atoms. The van der Waals surface area contributed by atoms with Gasteiger partial charge in [-0.25, -0.2) is 4.98 Å². The van der Waals surface area contributed by atoms with Gasteiger partial charge >= 0.3 is 0 Å². The second-order valence-corrected chi connectivity index (χ2v) is 5.23. The number of aryl methyl sites for hydroxylation is 1. The van der Waals surface area contributed by atoms with Crippen LogP contribution in [-0.2, 0) is 0 Å². The first-order chi connectivity index (χ1) is 9.19. The Kier molecular flexibility index (Phi) is 2.91. The summed E-state index contributed by atoms with van der Waals surface area (Å²) in [5, 5.41) is 3.14. The standard InChI is InChI=1S/C14H10BrN3O/c1-9-2-7-12-16-13(14(17-19)18(12)8-9)10-3-5-11(15)6-4-10/h2-8H,1H3. The molecule has 0 saturated heterocycles. The lowest BCUT2D eigenvalue weighted by atomic mass is 10.1. The summed E-state index contributed by atoms with van der Waals surface area (Å²) < 4.78 is 2.70. The van der Waals surface area contributed by atoms with E-state index < -0.39 is 0 Å². The third-order valence-corrected chi connectivity index (χ3v) is 3.47. The maximum Gasteiger partial charge on any atom is 0.209 e. The van der Waals surface area contributed by atoms with Gasteiger partial charge in [-0.1, -0.05) is 34.1 Å². The Morgan fingerprint density at radius 3 is 2.58 bits per heavy atom. The van der Waals surface area contributed by atoms with Crippen molar-refractivity contribution in [2.75, 3.05) is 0 Å². The van der Waals surface area contributed by atoms with Gasteiger partial charge in [0.05, 0.1) is 0 Å². The minimum Gasteiger partial charge on any atom is -0.281 e. The van der Waals surface area contributed by atoms with Gasteiger partial charge in [-0.15, -0.1) is 4.91 Å². The molecular weight excluding hydrogens is 306 g/mol. The molecule has 0 aliphatic rings. The topological polar surface area (TPSA) is 46.7 Å². The monoisotopic (exact) mass is 315 g/mol. The van der Waals surface area contributed by atoms with E-state index in [1.807, 2.05) is 49.5 Å². The molecule has 0 fully saturated rings. The molecular formula is C14H10BrN3O. The lowest BCUT2D eigenvalue weighted by Gasteiger charge is -1.98. The normalized spacial score (nSPS) is 10.8. The number of nitrogens with zero attached hydrogens (tertiary/aromatic N) is 3. The van der Waals surface area contributed by atoms with Crippen LogP contribution in [0.25, 0.3) is 16.9 Å². The van der Waals surface area contributed by atoms with Crippen LogP contribution in [0, 0.1) is 11.8 Å². The number of hydrogen-bond acceptors (Lipinski definition) is 3. The molecule has 2 heterocycles. The molecule has 94 valence electrons. The van der Waals surface area contributed by atoms with Crippen molar-refractivity contribution in [1.29, 1.82) is 0 Å². The molecule has 0 atom stereocenters. The average Bonchev–Trinajstić information content (AvgIpc) is 2.77. The van der Waals surface area contributed by atoms with Crippen molar-refractivity contribution < 1.29 is 0 Å². The number of hydrogen-bond donors (Lipinski definition) is 0. The summed E-state index contributed by atoms with van der Waals surface area (Å²) >= 11 is 3.39. The maximum atomic E-state index is 11.1. The van der Waals surface area contributed by atoms with Gasteiger partial charge in [0.2, 0.25) is 5.82 Å². The first-order valence-electron chi connectivity index (χ1n) is 5.77. The van der Waals surface area contributed by atoms with Gasteiger partial charge in [-0.05, 0) is 35.9 Å². The molecule has 0 saturated carbocycles. The molecule has 0 bridgehead atoms. The first kappa shape index (κ1) is 12.0. The Hall–Kier alpha value is -2.01. The van der Waals surface area contributed by atoms with Crippen LogP contribution in [0.4, 0.5) is 5.82 Å². The molecule has 3 aromatic rings. The lowest BCUT2D eigenvalue weighted by Crippen LogP contribution is -1.84. The van der Waals surface area contributed by atoms with Crippen molar-refractivity contribution in [2.45, 2.75) is 6.92 Å². The summed E-state index contributed by atoms with van der Waals surface area (Å²) in [5.41, 5.74) is 3.25.